The number of anilines is 2. The van der Waals surface area contributed by atoms with Gasteiger partial charge >= 0.3 is 6.03 Å². The Kier molecular flexibility index (Phi) is 6.27. The molecule has 0 atom stereocenters. The van der Waals surface area contributed by atoms with Gasteiger partial charge in [0.25, 0.3) is 5.91 Å². The molecule has 0 unspecified atom stereocenters. The second-order valence-electron chi connectivity index (χ2n) is 7.86. The van der Waals surface area contributed by atoms with Crippen molar-refractivity contribution in [3.8, 4) is 0 Å². The highest BCUT2D eigenvalue weighted by molar-refractivity contribution is 7.81. The van der Waals surface area contributed by atoms with Crippen LogP contribution in [0.5, 0.6) is 0 Å². The SMILES string of the molecule is O=C1C(=C(c2ccccc2)c2ccc(Cl)cc2)C(=S)N(c2ccccc2)C(=O)N1c1ccccc1. The first-order valence-corrected chi connectivity index (χ1v) is 11.7. The van der Waals surface area contributed by atoms with Gasteiger partial charge in [-0.2, -0.15) is 0 Å². The Hall–Kier alpha value is -4.06. The smallest absolute Gasteiger partial charge is 0.268 e. The Morgan fingerprint density at radius 3 is 1.60 bits per heavy atom. The largest absolute Gasteiger partial charge is 0.341 e. The maximum absolute atomic E-state index is 14.1. The molecule has 5 rings (SSSR count). The maximum Gasteiger partial charge on any atom is 0.341 e. The van der Waals surface area contributed by atoms with Gasteiger partial charge < -0.3 is 0 Å². The van der Waals surface area contributed by atoms with E-state index in [1.807, 2.05) is 66.7 Å². The molecule has 0 aliphatic carbocycles. The van der Waals surface area contributed by atoms with Crippen LogP contribution in [0.15, 0.2) is 121 Å². The molecule has 3 amide bonds. The molecule has 1 heterocycles. The Bertz CT molecular complexity index is 1370. The van der Waals surface area contributed by atoms with Gasteiger partial charge in [0, 0.05) is 10.6 Å². The van der Waals surface area contributed by atoms with Gasteiger partial charge in [-0.15, -0.1) is 0 Å². The summed E-state index contributed by atoms with van der Waals surface area (Å²) >= 11 is 12.0. The standard InChI is InChI=1S/C29H19ClN2O2S/c30-22-18-16-21(17-19-22)25(20-10-4-1-5-11-20)26-27(33)31(23-12-6-2-7-13-23)29(34)32(28(26)35)24-14-8-3-9-15-24/h1-19H. The quantitative estimate of drug-likeness (QED) is 0.223. The number of nitrogens with zero attached hydrogens (tertiary/aromatic N) is 2. The number of benzene rings is 4. The molecule has 0 saturated carbocycles. The van der Waals surface area contributed by atoms with E-state index in [1.165, 1.54) is 9.80 Å². The molecule has 0 radical (unpaired) electrons. The van der Waals surface area contributed by atoms with Crippen LogP contribution in [0.1, 0.15) is 11.1 Å². The van der Waals surface area contributed by atoms with Crippen LogP contribution < -0.4 is 9.80 Å². The molecule has 4 aromatic carbocycles. The normalized spacial score (nSPS) is 15.4. The van der Waals surface area contributed by atoms with Crippen LogP contribution in [0.2, 0.25) is 5.02 Å². The molecule has 0 N–H and O–H groups in total. The van der Waals surface area contributed by atoms with E-state index in [2.05, 4.69) is 0 Å². The molecule has 1 aliphatic rings. The van der Waals surface area contributed by atoms with Crippen LogP contribution in [-0.4, -0.2) is 16.9 Å². The summed E-state index contributed by atoms with van der Waals surface area (Å²) in [5.41, 5.74) is 3.51. The van der Waals surface area contributed by atoms with Crippen molar-refractivity contribution in [3.05, 3.63) is 137 Å². The molecule has 0 bridgehead atoms. The molecule has 1 saturated heterocycles. The van der Waals surface area contributed by atoms with Gasteiger partial charge in [0.1, 0.15) is 4.99 Å². The lowest BCUT2D eigenvalue weighted by molar-refractivity contribution is -0.114. The van der Waals surface area contributed by atoms with E-state index in [1.54, 1.807) is 48.5 Å². The van der Waals surface area contributed by atoms with E-state index in [0.29, 0.717) is 22.0 Å². The van der Waals surface area contributed by atoms with Crippen LogP contribution >= 0.6 is 23.8 Å². The first-order valence-electron chi connectivity index (χ1n) is 10.9. The third-order valence-electron chi connectivity index (χ3n) is 5.69. The Balaban J connectivity index is 1.81. The molecule has 35 heavy (non-hydrogen) atoms. The summed E-state index contributed by atoms with van der Waals surface area (Å²) in [5, 5.41) is 0.579. The molecule has 0 aromatic heterocycles. The van der Waals surface area contributed by atoms with Gasteiger partial charge in [-0.1, -0.05) is 103 Å². The lowest BCUT2D eigenvalue weighted by Crippen LogP contribution is -2.56. The zero-order valence-corrected chi connectivity index (χ0v) is 20.0. The topological polar surface area (TPSA) is 40.6 Å². The van der Waals surface area contributed by atoms with Crippen molar-refractivity contribution in [1.29, 1.82) is 0 Å². The molecule has 0 spiro atoms. The first-order chi connectivity index (χ1) is 17.1. The van der Waals surface area contributed by atoms with Gasteiger partial charge in [0.2, 0.25) is 0 Å². The number of amides is 3. The molecular formula is C29H19ClN2O2S. The highest BCUT2D eigenvalue weighted by Crippen LogP contribution is 2.36. The summed E-state index contributed by atoms with van der Waals surface area (Å²) in [6.45, 7) is 0. The predicted octanol–water partition coefficient (Wildman–Crippen LogP) is 7.14. The van der Waals surface area contributed by atoms with Gasteiger partial charge in [-0.3, -0.25) is 9.69 Å². The number of carbonyl (C=O) groups is 2. The van der Waals surface area contributed by atoms with Crippen molar-refractivity contribution >= 4 is 57.7 Å². The lowest BCUT2D eigenvalue weighted by atomic mass is 9.91. The summed E-state index contributed by atoms with van der Waals surface area (Å²) in [6, 6.07) is 34.3. The van der Waals surface area contributed by atoms with E-state index < -0.39 is 11.9 Å². The van der Waals surface area contributed by atoms with Crippen LogP contribution in [-0.2, 0) is 4.79 Å². The molecule has 6 heteroatoms. The second kappa shape index (κ2) is 9.66. The number of para-hydroxylation sites is 2. The molecule has 1 fully saturated rings. The first kappa shape index (κ1) is 22.7. The summed E-state index contributed by atoms with van der Waals surface area (Å²) in [4.78, 5) is 30.6. The third kappa shape index (κ3) is 4.28. The molecule has 1 aliphatic heterocycles. The number of thiocarbonyl (C=S) groups is 1. The minimum absolute atomic E-state index is 0.146. The average molecular weight is 495 g/mol. The van der Waals surface area contributed by atoms with Gasteiger partial charge in [-0.05, 0) is 47.5 Å². The third-order valence-corrected chi connectivity index (χ3v) is 6.33. The summed E-state index contributed by atoms with van der Waals surface area (Å²) in [5.74, 6) is -0.479. The summed E-state index contributed by atoms with van der Waals surface area (Å²) < 4.78 is 0. The molecule has 4 nitrogen and oxygen atoms in total. The average Bonchev–Trinajstić information content (AvgIpc) is 2.89. The van der Waals surface area contributed by atoms with Crippen LogP contribution in [0.4, 0.5) is 16.2 Å². The fourth-order valence-corrected chi connectivity index (χ4v) is 4.59. The molecule has 4 aromatic rings. The van der Waals surface area contributed by atoms with E-state index in [-0.39, 0.29) is 10.6 Å². The fourth-order valence-electron chi connectivity index (χ4n) is 4.09. The lowest BCUT2D eigenvalue weighted by Gasteiger charge is -2.37. The second-order valence-corrected chi connectivity index (χ2v) is 8.68. The van der Waals surface area contributed by atoms with Crippen molar-refractivity contribution < 1.29 is 9.59 Å². The van der Waals surface area contributed by atoms with Crippen LogP contribution in [0, 0.1) is 0 Å². The number of rotatable bonds is 4. The van der Waals surface area contributed by atoms with Crippen molar-refractivity contribution in [3.63, 3.8) is 0 Å². The van der Waals surface area contributed by atoms with E-state index in [4.69, 9.17) is 23.8 Å². The number of hydrogen-bond acceptors (Lipinski definition) is 3. The van der Waals surface area contributed by atoms with Gasteiger partial charge in [0.05, 0.1) is 16.9 Å². The minimum atomic E-state index is -0.523. The Morgan fingerprint density at radius 2 is 1.06 bits per heavy atom. The highest BCUT2D eigenvalue weighted by Gasteiger charge is 2.43. The Morgan fingerprint density at radius 1 is 0.600 bits per heavy atom. The van der Waals surface area contributed by atoms with E-state index in [0.717, 1.165) is 11.1 Å². The Labute approximate surface area is 213 Å². The van der Waals surface area contributed by atoms with E-state index >= 15 is 0 Å². The zero-order valence-electron chi connectivity index (χ0n) is 18.5. The van der Waals surface area contributed by atoms with Gasteiger partial charge in [-0.25, -0.2) is 9.69 Å². The van der Waals surface area contributed by atoms with Crippen molar-refractivity contribution in [1.82, 2.24) is 0 Å². The van der Waals surface area contributed by atoms with Crippen LogP contribution in [0.25, 0.3) is 5.57 Å². The number of halogens is 1. The summed E-state index contributed by atoms with van der Waals surface area (Å²) in [7, 11) is 0. The molecule has 170 valence electrons. The minimum Gasteiger partial charge on any atom is -0.268 e. The summed E-state index contributed by atoms with van der Waals surface area (Å²) in [6.07, 6.45) is 0. The van der Waals surface area contributed by atoms with Gasteiger partial charge in [0.15, 0.2) is 0 Å². The highest BCUT2D eigenvalue weighted by atomic mass is 35.5. The van der Waals surface area contributed by atoms with Crippen LogP contribution in [0.3, 0.4) is 0 Å². The van der Waals surface area contributed by atoms with E-state index in [9.17, 15) is 9.59 Å². The fraction of sp³-hybridized carbons (Fsp3) is 0. The van der Waals surface area contributed by atoms with Crippen molar-refractivity contribution in [2.75, 3.05) is 9.80 Å². The zero-order chi connectivity index (χ0) is 24.4. The maximum atomic E-state index is 14.1. The predicted molar refractivity (Wildman–Crippen MR) is 145 cm³/mol. The number of imide groups is 1. The number of hydrogen-bond donors (Lipinski definition) is 0. The van der Waals surface area contributed by atoms with Crippen molar-refractivity contribution in [2.24, 2.45) is 0 Å². The van der Waals surface area contributed by atoms with Crippen molar-refractivity contribution in [2.45, 2.75) is 0 Å². The number of urea groups is 1. The number of carbonyl (C=O) groups excluding carboxylic acids is 2. The monoisotopic (exact) mass is 494 g/mol. The molecular weight excluding hydrogens is 476 g/mol.